The van der Waals surface area contributed by atoms with Crippen LogP contribution < -0.4 is 11.1 Å². The Hall–Kier alpha value is -0.260. The molecular formula is C12H22N2O2S. The zero-order valence-electron chi connectivity index (χ0n) is 10.2. The van der Waals surface area contributed by atoms with Gasteiger partial charge in [-0.3, -0.25) is 4.79 Å². The van der Waals surface area contributed by atoms with E-state index in [1.807, 2.05) is 11.8 Å². The third-order valence-corrected chi connectivity index (χ3v) is 5.03. The first-order valence-electron chi connectivity index (χ1n) is 6.43. The molecule has 0 aromatic rings. The molecule has 17 heavy (non-hydrogen) atoms. The number of carbonyl (C=O) groups excluding carboxylic acids is 1. The first-order valence-corrected chi connectivity index (χ1v) is 7.59. The lowest BCUT2D eigenvalue weighted by Gasteiger charge is -2.36. The Morgan fingerprint density at radius 2 is 2.24 bits per heavy atom. The quantitative estimate of drug-likeness (QED) is 0.784. The van der Waals surface area contributed by atoms with Gasteiger partial charge in [-0.05, 0) is 31.4 Å². The summed E-state index contributed by atoms with van der Waals surface area (Å²) in [4.78, 5) is 12.4. The number of hydrogen-bond acceptors (Lipinski definition) is 4. The van der Waals surface area contributed by atoms with Gasteiger partial charge in [0.2, 0.25) is 5.91 Å². The van der Waals surface area contributed by atoms with Gasteiger partial charge in [0.25, 0.3) is 0 Å². The van der Waals surface area contributed by atoms with Crippen molar-refractivity contribution in [2.45, 2.75) is 31.7 Å². The number of carbonyl (C=O) groups is 1. The molecule has 1 unspecified atom stereocenters. The number of ether oxygens (including phenoxy) is 1. The van der Waals surface area contributed by atoms with Crippen LogP contribution in [0, 0.1) is 5.41 Å². The fourth-order valence-electron chi connectivity index (χ4n) is 2.48. The molecule has 2 rings (SSSR count). The molecule has 98 valence electrons. The van der Waals surface area contributed by atoms with E-state index in [-0.39, 0.29) is 11.3 Å². The van der Waals surface area contributed by atoms with Crippen molar-refractivity contribution >= 4 is 17.7 Å². The van der Waals surface area contributed by atoms with Gasteiger partial charge in [0.15, 0.2) is 0 Å². The highest BCUT2D eigenvalue weighted by molar-refractivity contribution is 7.99. The maximum atomic E-state index is 12.4. The van der Waals surface area contributed by atoms with Crippen LogP contribution in [0.4, 0.5) is 0 Å². The van der Waals surface area contributed by atoms with Crippen molar-refractivity contribution < 1.29 is 9.53 Å². The van der Waals surface area contributed by atoms with E-state index in [4.69, 9.17) is 10.5 Å². The van der Waals surface area contributed by atoms with Gasteiger partial charge in [-0.1, -0.05) is 0 Å². The molecule has 1 amide bonds. The fraction of sp³-hybridized carbons (Fsp3) is 0.917. The second kappa shape index (κ2) is 6.07. The van der Waals surface area contributed by atoms with Crippen molar-refractivity contribution in [3.05, 3.63) is 0 Å². The molecule has 0 bridgehead atoms. The van der Waals surface area contributed by atoms with Crippen LogP contribution in [-0.4, -0.2) is 43.2 Å². The minimum absolute atomic E-state index is 0.149. The first kappa shape index (κ1) is 13.2. The summed E-state index contributed by atoms with van der Waals surface area (Å²) in [5.41, 5.74) is 5.45. The summed E-state index contributed by atoms with van der Waals surface area (Å²) in [6.45, 7) is 1.75. The molecule has 3 N–H and O–H groups in total. The van der Waals surface area contributed by atoms with E-state index in [1.165, 1.54) is 12.2 Å². The number of thioether (sulfide) groups is 1. The van der Waals surface area contributed by atoms with E-state index < -0.39 is 0 Å². The van der Waals surface area contributed by atoms with Gasteiger partial charge in [-0.25, -0.2) is 0 Å². The number of nitrogens with two attached hydrogens (primary N) is 1. The van der Waals surface area contributed by atoms with Crippen molar-refractivity contribution in [2.24, 2.45) is 11.1 Å². The number of rotatable bonds is 3. The molecule has 0 aromatic heterocycles. The standard InChI is InChI=1S/C12H22N2O2S/c13-9-12(3-5-16-6-4-12)11(15)14-10-2-1-7-17-8-10/h10H,1-9,13H2,(H,14,15). The van der Waals surface area contributed by atoms with E-state index in [0.29, 0.717) is 25.8 Å². The lowest BCUT2D eigenvalue weighted by molar-refractivity contribution is -0.136. The van der Waals surface area contributed by atoms with Gasteiger partial charge in [0, 0.05) is 31.6 Å². The topological polar surface area (TPSA) is 64.4 Å². The number of hydrogen-bond donors (Lipinski definition) is 2. The van der Waals surface area contributed by atoms with E-state index >= 15 is 0 Å². The van der Waals surface area contributed by atoms with Gasteiger partial charge < -0.3 is 15.8 Å². The number of amides is 1. The van der Waals surface area contributed by atoms with Crippen LogP contribution in [0.25, 0.3) is 0 Å². The van der Waals surface area contributed by atoms with Gasteiger partial charge in [-0.2, -0.15) is 11.8 Å². The van der Waals surface area contributed by atoms with Crippen LogP contribution in [0.5, 0.6) is 0 Å². The molecule has 0 saturated carbocycles. The summed E-state index contributed by atoms with van der Waals surface area (Å²) in [7, 11) is 0. The predicted octanol–water partition coefficient (Wildman–Crippen LogP) is 0.754. The summed E-state index contributed by atoms with van der Waals surface area (Å²) in [6.07, 6.45) is 3.83. The molecule has 5 heteroatoms. The van der Waals surface area contributed by atoms with Gasteiger partial charge >= 0.3 is 0 Å². The Kier molecular flexibility index (Phi) is 4.70. The van der Waals surface area contributed by atoms with Crippen LogP contribution in [-0.2, 0) is 9.53 Å². The van der Waals surface area contributed by atoms with Crippen LogP contribution in [0.3, 0.4) is 0 Å². The summed E-state index contributed by atoms with van der Waals surface area (Å²) in [5, 5.41) is 3.18. The van der Waals surface area contributed by atoms with E-state index in [0.717, 1.165) is 25.0 Å². The Balaban J connectivity index is 1.91. The van der Waals surface area contributed by atoms with Crippen molar-refractivity contribution in [1.82, 2.24) is 5.32 Å². The number of nitrogens with one attached hydrogen (secondary N) is 1. The second-order valence-electron chi connectivity index (χ2n) is 4.98. The third kappa shape index (κ3) is 3.14. The zero-order valence-corrected chi connectivity index (χ0v) is 11.1. The maximum Gasteiger partial charge on any atom is 0.227 e. The Morgan fingerprint density at radius 3 is 2.82 bits per heavy atom. The summed E-state index contributed by atoms with van der Waals surface area (Å²) >= 11 is 1.93. The monoisotopic (exact) mass is 258 g/mol. The first-order chi connectivity index (χ1) is 8.27. The summed E-state index contributed by atoms with van der Waals surface area (Å²) in [6, 6.07) is 0.340. The molecule has 1 atom stereocenters. The molecule has 2 aliphatic heterocycles. The highest BCUT2D eigenvalue weighted by Crippen LogP contribution is 2.30. The predicted molar refractivity (Wildman–Crippen MR) is 70.0 cm³/mol. The molecular weight excluding hydrogens is 236 g/mol. The largest absolute Gasteiger partial charge is 0.381 e. The van der Waals surface area contributed by atoms with Crippen molar-refractivity contribution in [3.63, 3.8) is 0 Å². The van der Waals surface area contributed by atoms with E-state index in [2.05, 4.69) is 5.32 Å². The van der Waals surface area contributed by atoms with Gasteiger partial charge in [-0.15, -0.1) is 0 Å². The normalized spacial score (nSPS) is 28.6. The molecule has 0 radical (unpaired) electrons. The van der Waals surface area contributed by atoms with Crippen molar-refractivity contribution in [1.29, 1.82) is 0 Å². The molecule has 0 spiro atoms. The fourth-order valence-corrected chi connectivity index (χ4v) is 3.55. The molecule has 2 saturated heterocycles. The average molecular weight is 258 g/mol. The van der Waals surface area contributed by atoms with Crippen LogP contribution in [0.2, 0.25) is 0 Å². The zero-order chi connectivity index (χ0) is 12.1. The molecule has 2 aliphatic rings. The smallest absolute Gasteiger partial charge is 0.227 e. The molecule has 2 heterocycles. The summed E-state index contributed by atoms with van der Waals surface area (Å²) in [5.74, 6) is 2.42. The lowest BCUT2D eigenvalue weighted by Crippen LogP contribution is -2.52. The molecule has 4 nitrogen and oxygen atoms in total. The van der Waals surface area contributed by atoms with Gasteiger partial charge in [0.1, 0.15) is 0 Å². The van der Waals surface area contributed by atoms with E-state index in [9.17, 15) is 4.79 Å². The molecule has 2 fully saturated rings. The lowest BCUT2D eigenvalue weighted by atomic mass is 9.79. The van der Waals surface area contributed by atoms with E-state index in [1.54, 1.807) is 0 Å². The van der Waals surface area contributed by atoms with Crippen LogP contribution in [0.15, 0.2) is 0 Å². The third-order valence-electron chi connectivity index (χ3n) is 3.82. The van der Waals surface area contributed by atoms with Gasteiger partial charge in [0.05, 0.1) is 5.41 Å². The second-order valence-corrected chi connectivity index (χ2v) is 6.13. The Bertz CT molecular complexity index is 261. The van der Waals surface area contributed by atoms with Crippen molar-refractivity contribution in [3.8, 4) is 0 Å². The SMILES string of the molecule is NCC1(C(=O)NC2CCCSC2)CCOCC1. The van der Waals surface area contributed by atoms with Crippen LogP contribution >= 0.6 is 11.8 Å². The highest BCUT2D eigenvalue weighted by Gasteiger charge is 2.39. The molecule has 0 aromatic carbocycles. The maximum absolute atomic E-state index is 12.4. The minimum atomic E-state index is -0.375. The van der Waals surface area contributed by atoms with Crippen LogP contribution in [0.1, 0.15) is 25.7 Å². The summed E-state index contributed by atoms with van der Waals surface area (Å²) < 4.78 is 5.33. The Morgan fingerprint density at radius 1 is 1.47 bits per heavy atom. The highest BCUT2D eigenvalue weighted by atomic mass is 32.2. The van der Waals surface area contributed by atoms with Crippen molar-refractivity contribution in [2.75, 3.05) is 31.3 Å². The average Bonchev–Trinajstić information content (AvgIpc) is 2.40. The Labute approximate surface area is 107 Å². The minimum Gasteiger partial charge on any atom is -0.381 e. The molecule has 0 aliphatic carbocycles.